The molecule has 3 aliphatic rings. The Kier molecular flexibility index (Phi) is 5.89. The highest BCUT2D eigenvalue weighted by atomic mass is 19.1. The number of pyridine rings is 1. The van der Waals surface area contributed by atoms with Gasteiger partial charge in [0.15, 0.2) is 0 Å². The number of nitrogens with zero attached hydrogens (tertiary/aromatic N) is 6. The fourth-order valence-electron chi connectivity index (χ4n) is 6.12. The van der Waals surface area contributed by atoms with Crippen LogP contribution in [0.2, 0.25) is 0 Å². The van der Waals surface area contributed by atoms with Crippen molar-refractivity contribution in [3.8, 4) is 11.1 Å². The van der Waals surface area contributed by atoms with E-state index in [1.807, 2.05) is 17.0 Å². The van der Waals surface area contributed by atoms with E-state index in [0.717, 1.165) is 5.56 Å². The van der Waals surface area contributed by atoms with Crippen LogP contribution in [0.1, 0.15) is 24.0 Å². The summed E-state index contributed by atoms with van der Waals surface area (Å²) in [5.74, 6) is 0.619. The second kappa shape index (κ2) is 9.51. The second-order valence-electron chi connectivity index (χ2n) is 10.9. The Labute approximate surface area is 234 Å². The van der Waals surface area contributed by atoms with E-state index in [4.69, 9.17) is 4.74 Å². The molecule has 3 aromatic heterocycles. The highest BCUT2D eigenvalue weighted by Crippen LogP contribution is 2.43. The van der Waals surface area contributed by atoms with Crippen molar-refractivity contribution in [3.63, 3.8) is 0 Å². The number of halogens is 1. The molecular weight excluding hydrogens is 529 g/mol. The van der Waals surface area contributed by atoms with Crippen LogP contribution < -0.4 is 10.2 Å². The van der Waals surface area contributed by atoms with Gasteiger partial charge in [0, 0.05) is 68.1 Å². The zero-order chi connectivity index (χ0) is 28.3. The van der Waals surface area contributed by atoms with Gasteiger partial charge in [0.2, 0.25) is 5.91 Å². The Bertz CT molecular complexity index is 1690. The van der Waals surface area contributed by atoms with Crippen LogP contribution in [0.5, 0.6) is 0 Å². The zero-order valence-electron chi connectivity index (χ0n) is 22.4. The summed E-state index contributed by atoms with van der Waals surface area (Å²) in [6.07, 6.45) is 4.70. The van der Waals surface area contributed by atoms with E-state index >= 15 is 4.39 Å². The monoisotopic (exact) mass is 557 g/mol. The lowest BCUT2D eigenvalue weighted by Crippen LogP contribution is -2.51. The first-order valence-electron chi connectivity index (χ1n) is 13.6. The molecule has 1 aromatic carbocycles. The molecule has 6 heterocycles. The van der Waals surface area contributed by atoms with E-state index in [-0.39, 0.29) is 18.3 Å². The molecule has 0 unspecified atom stereocenters. The van der Waals surface area contributed by atoms with Crippen molar-refractivity contribution in [3.05, 3.63) is 66.0 Å². The smallest absolute Gasteiger partial charge is 0.413 e. The maximum Gasteiger partial charge on any atom is 0.413 e. The Balaban J connectivity index is 1.19. The lowest BCUT2D eigenvalue weighted by molar-refractivity contribution is -0.136. The summed E-state index contributed by atoms with van der Waals surface area (Å²) in [4.78, 5) is 42.8. The van der Waals surface area contributed by atoms with Crippen molar-refractivity contribution in [2.24, 2.45) is 0 Å². The number of aryl methyl sites for hydroxylation is 1. The van der Waals surface area contributed by atoms with E-state index in [9.17, 15) is 14.7 Å². The molecule has 4 aromatic rings. The van der Waals surface area contributed by atoms with Crippen LogP contribution in [0.3, 0.4) is 0 Å². The number of aliphatic hydroxyl groups is 1. The predicted octanol–water partition coefficient (Wildman–Crippen LogP) is 3.20. The van der Waals surface area contributed by atoms with Gasteiger partial charge in [-0.1, -0.05) is 18.2 Å². The molecule has 0 bridgehead atoms. The molecule has 2 amide bonds. The van der Waals surface area contributed by atoms with Crippen molar-refractivity contribution in [2.75, 3.05) is 36.4 Å². The van der Waals surface area contributed by atoms with Crippen LogP contribution in [-0.4, -0.2) is 73.8 Å². The van der Waals surface area contributed by atoms with Crippen molar-refractivity contribution in [1.29, 1.82) is 0 Å². The van der Waals surface area contributed by atoms with Crippen LogP contribution in [0.4, 0.5) is 20.8 Å². The van der Waals surface area contributed by atoms with Gasteiger partial charge in [-0.05, 0) is 24.6 Å². The summed E-state index contributed by atoms with van der Waals surface area (Å²) in [6.45, 7) is 3.33. The highest BCUT2D eigenvalue weighted by Gasteiger charge is 2.45. The molecule has 0 saturated carbocycles. The van der Waals surface area contributed by atoms with Gasteiger partial charge >= 0.3 is 6.09 Å². The number of amides is 2. The molecule has 41 heavy (non-hydrogen) atoms. The van der Waals surface area contributed by atoms with Gasteiger partial charge in [-0.3, -0.25) is 10.1 Å². The third-order valence-corrected chi connectivity index (χ3v) is 8.31. The van der Waals surface area contributed by atoms with Gasteiger partial charge in [-0.25, -0.2) is 24.1 Å². The molecular formula is C29H28FN7O4. The number of hydrogen-bond acceptors (Lipinski definition) is 8. The van der Waals surface area contributed by atoms with Gasteiger partial charge < -0.3 is 24.2 Å². The standard InChI is InChI=1S/C29H28FN7O4/c1-17-4-2-5-19(24(17)30)20-14-37(27-23(20)26(32-16-33-27)36-12-18(38)13-36)15-22(39)35-10-7-29(8-11-35)21-6-3-9-31-25(21)34-28(40)41-29/h2-6,9,14,16,18,38H,7-8,10-13,15H2,1H3,(H,31,34,40). The number of likely N-dealkylation sites (tertiary alicyclic amines) is 1. The van der Waals surface area contributed by atoms with Crippen LogP contribution in [0, 0.1) is 12.7 Å². The number of β-amino-alcohol motifs (C(OH)–C–C–N with tert-alkyl or cyclic N) is 1. The molecule has 0 atom stereocenters. The second-order valence-corrected chi connectivity index (χ2v) is 10.9. The van der Waals surface area contributed by atoms with Crippen molar-refractivity contribution >= 4 is 34.7 Å². The molecule has 7 rings (SSSR count). The normalized spacial score (nSPS) is 18.2. The molecule has 2 N–H and O–H groups in total. The predicted molar refractivity (Wildman–Crippen MR) is 148 cm³/mol. The van der Waals surface area contributed by atoms with E-state index in [0.29, 0.717) is 78.4 Å². The lowest BCUT2D eigenvalue weighted by Gasteiger charge is -2.43. The molecule has 3 aliphatic heterocycles. The quantitative estimate of drug-likeness (QED) is 0.392. The van der Waals surface area contributed by atoms with E-state index in [1.54, 1.807) is 47.0 Å². The third kappa shape index (κ3) is 4.17. The number of ether oxygens (including phenoxy) is 1. The molecule has 1 spiro atoms. The summed E-state index contributed by atoms with van der Waals surface area (Å²) in [7, 11) is 0. The SMILES string of the molecule is Cc1cccc(-c2cn(CC(=O)N3CCC4(CC3)OC(=O)Nc3ncccc34)c3ncnc(N4CC(O)C4)c23)c1F. The Hall–Kier alpha value is -4.58. The zero-order valence-corrected chi connectivity index (χ0v) is 22.4. The van der Waals surface area contributed by atoms with Crippen LogP contribution >= 0.6 is 0 Å². The van der Waals surface area contributed by atoms with Crippen molar-refractivity contribution in [2.45, 2.75) is 38.0 Å². The number of hydrogen-bond donors (Lipinski definition) is 2. The molecule has 2 fully saturated rings. The number of rotatable bonds is 4. The van der Waals surface area contributed by atoms with Gasteiger partial charge in [0.25, 0.3) is 0 Å². The number of anilines is 2. The number of carbonyl (C=O) groups is 2. The van der Waals surface area contributed by atoms with E-state index < -0.39 is 17.8 Å². The Morgan fingerprint density at radius 3 is 2.73 bits per heavy atom. The average Bonchev–Trinajstić information content (AvgIpc) is 3.31. The first kappa shape index (κ1) is 25.4. The fourth-order valence-corrected chi connectivity index (χ4v) is 6.12. The minimum absolute atomic E-state index is 0.00447. The largest absolute Gasteiger partial charge is 0.437 e. The number of fused-ring (bicyclic) bond motifs is 3. The molecule has 0 radical (unpaired) electrons. The lowest BCUT2D eigenvalue weighted by atomic mass is 9.83. The summed E-state index contributed by atoms with van der Waals surface area (Å²) < 4.78 is 22.9. The average molecular weight is 558 g/mol. The number of benzene rings is 1. The molecule has 2 saturated heterocycles. The molecule has 11 nitrogen and oxygen atoms in total. The number of nitrogens with one attached hydrogen (secondary N) is 1. The van der Waals surface area contributed by atoms with E-state index in [1.165, 1.54) is 6.33 Å². The fraction of sp³-hybridized carbons (Fsp3) is 0.345. The van der Waals surface area contributed by atoms with Crippen LogP contribution in [0.25, 0.3) is 22.2 Å². The molecule has 210 valence electrons. The van der Waals surface area contributed by atoms with E-state index in [2.05, 4.69) is 20.3 Å². The van der Waals surface area contributed by atoms with Crippen molar-refractivity contribution < 1.29 is 23.8 Å². The summed E-state index contributed by atoms with van der Waals surface area (Å²) in [5, 5.41) is 13.2. The summed E-state index contributed by atoms with van der Waals surface area (Å²) in [6, 6.07) is 8.92. The minimum Gasteiger partial charge on any atom is -0.437 e. The van der Waals surface area contributed by atoms with Crippen LogP contribution in [0.15, 0.2) is 49.1 Å². The van der Waals surface area contributed by atoms with Gasteiger partial charge in [-0.2, -0.15) is 0 Å². The molecule has 0 aliphatic carbocycles. The van der Waals surface area contributed by atoms with Gasteiger partial charge in [0.05, 0.1) is 11.5 Å². The highest BCUT2D eigenvalue weighted by molar-refractivity contribution is 6.02. The Morgan fingerprint density at radius 2 is 1.95 bits per heavy atom. The summed E-state index contributed by atoms with van der Waals surface area (Å²) >= 11 is 0. The topological polar surface area (TPSA) is 126 Å². The third-order valence-electron chi connectivity index (χ3n) is 8.31. The van der Waals surface area contributed by atoms with Gasteiger partial charge in [0.1, 0.15) is 41.6 Å². The first-order chi connectivity index (χ1) is 19.8. The number of aromatic nitrogens is 4. The molecule has 12 heteroatoms. The number of carbonyl (C=O) groups excluding carboxylic acids is 2. The Morgan fingerprint density at radius 1 is 1.15 bits per heavy atom. The number of aliphatic hydroxyl groups excluding tert-OH is 1. The van der Waals surface area contributed by atoms with Crippen molar-refractivity contribution in [1.82, 2.24) is 24.4 Å². The number of piperidine rings is 1. The minimum atomic E-state index is -0.831. The maximum absolute atomic E-state index is 15.4. The first-order valence-corrected chi connectivity index (χ1v) is 13.6. The van der Waals surface area contributed by atoms with Gasteiger partial charge in [-0.15, -0.1) is 0 Å². The maximum atomic E-state index is 15.4. The van der Waals surface area contributed by atoms with Crippen LogP contribution in [-0.2, 0) is 21.7 Å². The summed E-state index contributed by atoms with van der Waals surface area (Å²) in [5.41, 5.74) is 2.00.